The van der Waals surface area contributed by atoms with Crippen molar-refractivity contribution in [2.75, 3.05) is 6.61 Å². The first-order valence-electron chi connectivity index (χ1n) is 10.6. The predicted octanol–water partition coefficient (Wildman–Crippen LogP) is 3.95. The number of pyridine rings is 2. The number of rotatable bonds is 4. The van der Waals surface area contributed by atoms with E-state index in [1.54, 1.807) is 11.5 Å². The summed E-state index contributed by atoms with van der Waals surface area (Å²) in [6.07, 6.45) is 1.92. The first-order chi connectivity index (χ1) is 14.4. The van der Waals surface area contributed by atoms with E-state index in [9.17, 15) is 14.3 Å². The molecule has 2 aromatic heterocycles. The van der Waals surface area contributed by atoms with Crippen molar-refractivity contribution in [3.63, 3.8) is 0 Å². The summed E-state index contributed by atoms with van der Waals surface area (Å²) in [5.74, 6) is -0.232. The lowest BCUT2D eigenvalue weighted by Gasteiger charge is -2.21. The molecule has 3 aromatic rings. The minimum absolute atomic E-state index is 0.149. The summed E-state index contributed by atoms with van der Waals surface area (Å²) in [6, 6.07) is 3.37. The number of halogens is 1. The molecule has 0 saturated heterocycles. The quantitative estimate of drug-likeness (QED) is 0.555. The Hall–Kier alpha value is -2.57. The molecule has 1 unspecified atom stereocenters. The number of fused-ring (bicyclic) bond motifs is 4. The van der Waals surface area contributed by atoms with Crippen LogP contribution < -0.4 is 5.56 Å². The molecule has 5 nitrogen and oxygen atoms in total. The fourth-order valence-corrected chi connectivity index (χ4v) is 5.05. The van der Waals surface area contributed by atoms with Gasteiger partial charge in [-0.3, -0.25) is 4.79 Å². The number of hydrogen-bond donors (Lipinski definition) is 1. The molecule has 30 heavy (non-hydrogen) atoms. The van der Waals surface area contributed by atoms with Gasteiger partial charge in [0, 0.05) is 29.2 Å². The maximum absolute atomic E-state index is 14.6. The summed E-state index contributed by atoms with van der Waals surface area (Å²) in [5.41, 5.74) is 6.98. The van der Waals surface area contributed by atoms with Crippen LogP contribution >= 0.6 is 0 Å². The third kappa shape index (κ3) is 2.67. The third-order valence-electron chi connectivity index (χ3n) is 6.56. The number of aliphatic hydroxyl groups is 1. The second-order valence-corrected chi connectivity index (χ2v) is 8.30. The Labute approximate surface area is 174 Å². The number of aromatic nitrogens is 2. The molecule has 3 heterocycles. The highest BCUT2D eigenvalue weighted by Gasteiger charge is 2.31. The monoisotopic (exact) mass is 408 g/mol. The summed E-state index contributed by atoms with van der Waals surface area (Å²) in [6.45, 7) is 6.48. The van der Waals surface area contributed by atoms with E-state index in [4.69, 9.17) is 9.72 Å². The zero-order chi connectivity index (χ0) is 21.2. The highest BCUT2D eigenvalue weighted by molar-refractivity contribution is 5.92. The molecule has 0 saturated carbocycles. The lowest BCUT2D eigenvalue weighted by Crippen LogP contribution is -2.26. The predicted molar refractivity (Wildman–Crippen MR) is 113 cm³/mol. The molecule has 6 heteroatoms. The third-order valence-corrected chi connectivity index (χ3v) is 6.56. The minimum atomic E-state index is -0.798. The Morgan fingerprint density at radius 3 is 2.77 bits per heavy atom. The van der Waals surface area contributed by atoms with E-state index in [0.29, 0.717) is 41.1 Å². The van der Waals surface area contributed by atoms with E-state index in [2.05, 4.69) is 0 Å². The van der Waals surface area contributed by atoms with E-state index in [0.717, 1.165) is 41.5 Å². The fraction of sp³-hybridized carbons (Fsp3) is 0.417. The summed E-state index contributed by atoms with van der Waals surface area (Å²) >= 11 is 0. The van der Waals surface area contributed by atoms with Gasteiger partial charge in [-0.05, 0) is 68.4 Å². The summed E-state index contributed by atoms with van der Waals surface area (Å²) in [7, 11) is 0. The summed E-state index contributed by atoms with van der Waals surface area (Å²) in [5, 5.41) is 11.4. The summed E-state index contributed by atoms with van der Waals surface area (Å²) in [4.78, 5) is 18.1. The average Bonchev–Trinajstić information content (AvgIpc) is 3.10. The first kappa shape index (κ1) is 19.4. The van der Waals surface area contributed by atoms with Crippen molar-refractivity contribution in [1.82, 2.24) is 9.55 Å². The van der Waals surface area contributed by atoms with Gasteiger partial charge in [0.05, 0.1) is 36.2 Å². The molecule has 5 rings (SSSR count). The molecule has 2 aliphatic rings. The molecule has 1 aromatic carbocycles. The number of aryl methyl sites for hydroxylation is 2. The van der Waals surface area contributed by atoms with Gasteiger partial charge >= 0.3 is 0 Å². The van der Waals surface area contributed by atoms with Crippen molar-refractivity contribution < 1.29 is 14.2 Å². The van der Waals surface area contributed by atoms with Crippen molar-refractivity contribution in [2.24, 2.45) is 0 Å². The van der Waals surface area contributed by atoms with Gasteiger partial charge in [0.2, 0.25) is 0 Å². The Morgan fingerprint density at radius 1 is 1.27 bits per heavy atom. The second-order valence-electron chi connectivity index (χ2n) is 8.30. The van der Waals surface area contributed by atoms with Gasteiger partial charge in [-0.15, -0.1) is 0 Å². The van der Waals surface area contributed by atoms with Gasteiger partial charge in [-0.2, -0.15) is 0 Å². The minimum Gasteiger partial charge on any atom is -0.389 e. The molecular weight excluding hydrogens is 383 g/mol. The van der Waals surface area contributed by atoms with Crippen LogP contribution in [-0.4, -0.2) is 21.3 Å². The zero-order valence-electron chi connectivity index (χ0n) is 17.5. The van der Waals surface area contributed by atoms with Crippen molar-refractivity contribution >= 4 is 10.9 Å². The van der Waals surface area contributed by atoms with Gasteiger partial charge in [-0.1, -0.05) is 0 Å². The topological polar surface area (TPSA) is 64.3 Å². The maximum Gasteiger partial charge on any atom is 0.257 e. The highest BCUT2D eigenvalue weighted by atomic mass is 19.1. The smallest absolute Gasteiger partial charge is 0.257 e. The lowest BCUT2D eigenvalue weighted by molar-refractivity contribution is 0.128. The molecule has 1 aliphatic carbocycles. The Bertz CT molecular complexity index is 1260. The van der Waals surface area contributed by atoms with E-state index >= 15 is 0 Å². The van der Waals surface area contributed by atoms with E-state index in [1.807, 2.05) is 19.9 Å². The van der Waals surface area contributed by atoms with Crippen molar-refractivity contribution in [1.29, 1.82) is 0 Å². The van der Waals surface area contributed by atoms with Crippen LogP contribution in [0.25, 0.3) is 22.3 Å². The van der Waals surface area contributed by atoms with Gasteiger partial charge < -0.3 is 14.4 Å². The van der Waals surface area contributed by atoms with E-state index < -0.39 is 6.10 Å². The average molecular weight is 408 g/mol. The standard InChI is InChI=1S/C24H25FN2O3/c1-4-30-11-18-16(13(3)28)8-21-23-17(10-27(21)24(18)29)15-7-5-6-14-12(2)19(25)9-20(26-23)22(14)15/h8-9,13,28H,4-7,10-11H2,1-3H3. The molecule has 156 valence electrons. The number of aliphatic hydroxyl groups excluding tert-OH is 1. The van der Waals surface area contributed by atoms with Crippen molar-refractivity contribution in [3.8, 4) is 11.4 Å². The van der Waals surface area contributed by atoms with E-state index in [-0.39, 0.29) is 18.0 Å². The molecular formula is C24H25FN2O3. The van der Waals surface area contributed by atoms with Crippen LogP contribution in [0.4, 0.5) is 4.39 Å². The van der Waals surface area contributed by atoms with Crippen LogP contribution in [0.3, 0.4) is 0 Å². The van der Waals surface area contributed by atoms with Gasteiger partial charge in [-0.25, -0.2) is 9.37 Å². The SMILES string of the molecule is CCOCc1c(C(C)O)cc2n(c1=O)Cc1c-2nc2cc(F)c(C)c3c2c1CCC3. The summed E-state index contributed by atoms with van der Waals surface area (Å²) < 4.78 is 21.8. The Balaban J connectivity index is 1.80. The number of hydrogen-bond acceptors (Lipinski definition) is 4. The molecule has 0 fully saturated rings. The van der Waals surface area contributed by atoms with Crippen LogP contribution in [0.2, 0.25) is 0 Å². The van der Waals surface area contributed by atoms with Crippen LogP contribution in [-0.2, 0) is 30.7 Å². The largest absolute Gasteiger partial charge is 0.389 e. The fourth-order valence-electron chi connectivity index (χ4n) is 5.05. The van der Waals surface area contributed by atoms with Crippen LogP contribution in [0, 0.1) is 12.7 Å². The second kappa shape index (κ2) is 7.00. The Morgan fingerprint density at radius 2 is 2.03 bits per heavy atom. The first-order valence-corrected chi connectivity index (χ1v) is 10.6. The van der Waals surface area contributed by atoms with Gasteiger partial charge in [0.25, 0.3) is 5.56 Å². The van der Waals surface area contributed by atoms with Crippen molar-refractivity contribution in [2.45, 2.75) is 59.3 Å². The molecule has 0 radical (unpaired) electrons. The molecule has 1 aliphatic heterocycles. The van der Waals surface area contributed by atoms with Gasteiger partial charge in [0.1, 0.15) is 5.82 Å². The maximum atomic E-state index is 14.6. The van der Waals surface area contributed by atoms with Crippen LogP contribution in [0.5, 0.6) is 0 Å². The number of benzene rings is 1. The molecule has 1 atom stereocenters. The van der Waals surface area contributed by atoms with E-state index in [1.165, 1.54) is 11.6 Å². The number of ether oxygens (including phenoxy) is 1. The molecule has 0 bridgehead atoms. The number of nitrogens with zero attached hydrogens (tertiary/aromatic N) is 2. The van der Waals surface area contributed by atoms with Crippen molar-refractivity contribution in [3.05, 3.63) is 61.7 Å². The normalized spacial score (nSPS) is 15.4. The zero-order valence-corrected chi connectivity index (χ0v) is 17.5. The van der Waals surface area contributed by atoms with Crippen LogP contribution in [0.15, 0.2) is 16.9 Å². The molecule has 1 N–H and O–H groups in total. The van der Waals surface area contributed by atoms with Crippen LogP contribution in [0.1, 0.15) is 59.8 Å². The van der Waals surface area contributed by atoms with Gasteiger partial charge in [0.15, 0.2) is 0 Å². The molecule has 0 spiro atoms. The molecule has 0 amide bonds. The Kier molecular flexibility index (Phi) is 4.52. The highest BCUT2D eigenvalue weighted by Crippen LogP contribution is 2.41. The lowest BCUT2D eigenvalue weighted by atomic mass is 9.85.